The molecule has 2 rings (SSSR count). The fourth-order valence-electron chi connectivity index (χ4n) is 2.22. The molecule has 5 nitrogen and oxygen atoms in total. The number of hydrogen-bond donors (Lipinski definition) is 2. The van der Waals surface area contributed by atoms with E-state index in [1.165, 1.54) is 6.33 Å². The van der Waals surface area contributed by atoms with Crippen molar-refractivity contribution in [3.63, 3.8) is 0 Å². The summed E-state index contributed by atoms with van der Waals surface area (Å²) in [5.74, 6) is 0.437. The highest BCUT2D eigenvalue weighted by Crippen LogP contribution is 2.27. The number of carbonyl (C=O) groups is 1. The van der Waals surface area contributed by atoms with Crippen molar-refractivity contribution >= 4 is 34.8 Å². The lowest BCUT2D eigenvalue weighted by Gasteiger charge is -2.28. The number of halogens is 2. The third-order valence-corrected chi connectivity index (χ3v) is 3.98. The smallest absolute Gasteiger partial charge is 0.241 e. The fourth-order valence-corrected chi connectivity index (χ4v) is 2.63. The van der Waals surface area contributed by atoms with Gasteiger partial charge in [0.05, 0.1) is 6.04 Å². The molecule has 1 saturated heterocycles. The van der Waals surface area contributed by atoms with Crippen molar-refractivity contribution in [3.05, 3.63) is 16.6 Å². The third-order valence-electron chi connectivity index (χ3n) is 3.41. The van der Waals surface area contributed by atoms with Crippen LogP contribution in [0.15, 0.2) is 6.33 Å². The lowest BCUT2D eigenvalue weighted by molar-refractivity contribution is -0.119. The minimum Gasteiger partial charge on any atom is -0.320 e. The first-order chi connectivity index (χ1) is 9.11. The summed E-state index contributed by atoms with van der Waals surface area (Å²) < 4.78 is 0. The Morgan fingerprint density at radius 3 is 2.79 bits per heavy atom. The Morgan fingerprint density at radius 1 is 1.47 bits per heavy atom. The molecule has 1 aliphatic rings. The largest absolute Gasteiger partial charge is 0.320 e. The maximum atomic E-state index is 12.2. The topological polar surface area (TPSA) is 66.9 Å². The lowest BCUT2D eigenvalue weighted by Crippen LogP contribution is -2.46. The molecule has 0 saturated carbocycles. The van der Waals surface area contributed by atoms with Gasteiger partial charge in [0.15, 0.2) is 10.3 Å². The van der Waals surface area contributed by atoms with Crippen molar-refractivity contribution < 1.29 is 4.79 Å². The molecule has 0 bridgehead atoms. The van der Waals surface area contributed by atoms with Gasteiger partial charge in [0.1, 0.15) is 12.0 Å². The quantitative estimate of drug-likeness (QED) is 0.842. The summed E-state index contributed by atoms with van der Waals surface area (Å²) in [5.41, 5.74) is 0.274. The average Bonchev–Trinajstić information content (AvgIpc) is 2.43. The summed E-state index contributed by atoms with van der Waals surface area (Å²) in [5, 5.41) is 6.20. The molecule has 2 atom stereocenters. The first-order valence-corrected chi connectivity index (χ1v) is 7.07. The Hall–Kier alpha value is -0.910. The molecule has 0 spiro atoms. The lowest BCUT2D eigenvalue weighted by atomic mass is 9.90. The van der Waals surface area contributed by atoms with Gasteiger partial charge in [0.2, 0.25) is 5.91 Å². The second kappa shape index (κ2) is 6.50. The van der Waals surface area contributed by atoms with Crippen molar-refractivity contribution in [1.82, 2.24) is 15.3 Å². The fraction of sp³-hybridized carbons (Fsp3) is 0.583. The van der Waals surface area contributed by atoms with Crippen LogP contribution in [0.4, 0.5) is 5.69 Å². The molecule has 1 aromatic rings. The molecule has 2 N–H and O–H groups in total. The van der Waals surface area contributed by atoms with E-state index in [0.717, 1.165) is 25.8 Å². The second-order valence-electron chi connectivity index (χ2n) is 4.62. The maximum Gasteiger partial charge on any atom is 0.241 e. The highest BCUT2D eigenvalue weighted by molar-refractivity contribution is 6.38. The van der Waals surface area contributed by atoms with Crippen LogP contribution in [0.1, 0.15) is 26.2 Å². The molecule has 0 aliphatic carbocycles. The minimum atomic E-state index is -0.217. The summed E-state index contributed by atoms with van der Waals surface area (Å²) in [6.07, 6.45) is 4.27. The van der Waals surface area contributed by atoms with Crippen LogP contribution in [0.2, 0.25) is 10.3 Å². The monoisotopic (exact) mass is 302 g/mol. The summed E-state index contributed by atoms with van der Waals surface area (Å²) >= 11 is 11.8. The van der Waals surface area contributed by atoms with Gasteiger partial charge in [-0.2, -0.15) is 0 Å². The number of carbonyl (C=O) groups excluding carboxylic acids is 1. The Labute approximate surface area is 122 Å². The molecule has 0 aromatic carbocycles. The number of nitrogens with one attached hydrogen (secondary N) is 2. The number of rotatable bonds is 3. The van der Waals surface area contributed by atoms with E-state index in [0.29, 0.717) is 5.92 Å². The van der Waals surface area contributed by atoms with Crippen molar-refractivity contribution in [2.75, 3.05) is 11.9 Å². The SMILES string of the molecule is CCC1CCNC(C(=O)Nc2c(Cl)ncnc2Cl)C1. The van der Waals surface area contributed by atoms with E-state index in [1.54, 1.807) is 0 Å². The van der Waals surface area contributed by atoms with Crippen LogP contribution in [0.25, 0.3) is 0 Å². The molecule has 104 valence electrons. The predicted molar refractivity (Wildman–Crippen MR) is 75.5 cm³/mol. The van der Waals surface area contributed by atoms with Gasteiger partial charge < -0.3 is 10.6 Å². The Kier molecular flexibility index (Phi) is 4.96. The van der Waals surface area contributed by atoms with Gasteiger partial charge in [-0.05, 0) is 25.3 Å². The van der Waals surface area contributed by atoms with E-state index < -0.39 is 0 Å². The molecule has 0 radical (unpaired) electrons. The van der Waals surface area contributed by atoms with E-state index in [1.807, 2.05) is 0 Å². The normalized spacial score (nSPS) is 23.1. The van der Waals surface area contributed by atoms with Crippen LogP contribution in [-0.4, -0.2) is 28.5 Å². The maximum absolute atomic E-state index is 12.2. The number of hydrogen-bond acceptors (Lipinski definition) is 4. The van der Waals surface area contributed by atoms with E-state index in [2.05, 4.69) is 27.5 Å². The number of nitrogens with zero attached hydrogens (tertiary/aromatic N) is 2. The zero-order valence-corrected chi connectivity index (χ0v) is 12.1. The Morgan fingerprint density at radius 2 is 2.16 bits per heavy atom. The standard InChI is InChI=1S/C12H16Cl2N4O/c1-2-7-3-4-15-8(5-7)12(19)18-9-10(13)16-6-17-11(9)14/h6-8,15H,2-5H2,1H3,(H,18,19). The van der Waals surface area contributed by atoms with E-state index in [9.17, 15) is 4.79 Å². The molecular weight excluding hydrogens is 287 g/mol. The predicted octanol–water partition coefficient (Wildman–Crippen LogP) is 2.50. The highest BCUT2D eigenvalue weighted by atomic mass is 35.5. The number of piperidine rings is 1. The summed E-state index contributed by atoms with van der Waals surface area (Å²) in [6.45, 7) is 2.99. The highest BCUT2D eigenvalue weighted by Gasteiger charge is 2.26. The van der Waals surface area contributed by atoms with Crippen LogP contribution >= 0.6 is 23.2 Å². The van der Waals surface area contributed by atoms with E-state index in [4.69, 9.17) is 23.2 Å². The first kappa shape index (κ1) is 14.5. The first-order valence-electron chi connectivity index (χ1n) is 6.32. The zero-order valence-electron chi connectivity index (χ0n) is 10.6. The van der Waals surface area contributed by atoms with Crippen molar-refractivity contribution in [2.24, 2.45) is 5.92 Å². The van der Waals surface area contributed by atoms with E-state index >= 15 is 0 Å². The molecule has 19 heavy (non-hydrogen) atoms. The van der Waals surface area contributed by atoms with Gasteiger partial charge in [0, 0.05) is 0 Å². The molecule has 1 fully saturated rings. The third kappa shape index (κ3) is 3.55. The molecular formula is C12H16Cl2N4O. The molecule has 1 amide bonds. The van der Waals surface area contributed by atoms with Gasteiger partial charge in [-0.25, -0.2) is 9.97 Å². The number of anilines is 1. The van der Waals surface area contributed by atoms with Crippen molar-refractivity contribution in [1.29, 1.82) is 0 Å². The van der Waals surface area contributed by atoms with Gasteiger partial charge in [0.25, 0.3) is 0 Å². The Balaban J connectivity index is 2.04. The molecule has 2 heterocycles. The van der Waals surface area contributed by atoms with Gasteiger partial charge in [-0.3, -0.25) is 4.79 Å². The van der Waals surface area contributed by atoms with Gasteiger partial charge in [-0.15, -0.1) is 0 Å². The second-order valence-corrected chi connectivity index (χ2v) is 5.34. The number of aromatic nitrogens is 2. The molecule has 1 aliphatic heterocycles. The van der Waals surface area contributed by atoms with Crippen LogP contribution in [0.3, 0.4) is 0 Å². The van der Waals surface area contributed by atoms with E-state index in [-0.39, 0.29) is 27.9 Å². The molecule has 1 aromatic heterocycles. The molecule has 7 heteroatoms. The molecule has 2 unspecified atom stereocenters. The minimum absolute atomic E-state index is 0.142. The van der Waals surface area contributed by atoms with Crippen LogP contribution in [0, 0.1) is 5.92 Å². The Bertz CT molecular complexity index is 449. The van der Waals surface area contributed by atoms with Crippen molar-refractivity contribution in [2.45, 2.75) is 32.2 Å². The van der Waals surface area contributed by atoms with Gasteiger partial charge in [-0.1, -0.05) is 36.5 Å². The average molecular weight is 303 g/mol. The van der Waals surface area contributed by atoms with Crippen LogP contribution in [0.5, 0.6) is 0 Å². The van der Waals surface area contributed by atoms with Crippen LogP contribution in [-0.2, 0) is 4.79 Å². The summed E-state index contributed by atoms with van der Waals surface area (Å²) in [4.78, 5) is 19.8. The number of amides is 1. The summed E-state index contributed by atoms with van der Waals surface area (Å²) in [6, 6.07) is -0.217. The van der Waals surface area contributed by atoms with Gasteiger partial charge >= 0.3 is 0 Å². The van der Waals surface area contributed by atoms with Crippen molar-refractivity contribution in [3.8, 4) is 0 Å². The summed E-state index contributed by atoms with van der Waals surface area (Å²) in [7, 11) is 0. The van der Waals surface area contributed by atoms with Crippen LogP contribution < -0.4 is 10.6 Å². The zero-order chi connectivity index (χ0) is 13.8.